The minimum atomic E-state index is -0.709. The molecule has 0 aliphatic rings. The fourth-order valence-electron chi connectivity index (χ4n) is 4.56. The monoisotopic (exact) mass is 460 g/mol. The second-order valence-electron chi connectivity index (χ2n) is 12.4. The molecule has 1 heterocycles. The van der Waals surface area contributed by atoms with Crippen molar-refractivity contribution in [2.45, 2.75) is 78.6 Å². The Morgan fingerprint density at radius 2 is 1.12 bits per heavy atom. The number of fused-ring (bicyclic) bond motifs is 1. The quantitative estimate of drug-likeness (QED) is 0.220. The fraction of sp³-hybridized carbons (Fsp3) is 0.375. The molecule has 2 heteroatoms. The summed E-state index contributed by atoms with van der Waals surface area (Å²) in [6.45, 7) is 21.2. The first-order valence-electron chi connectivity index (χ1n) is 12.1. The molecule has 1 unspecified atom stereocenters. The summed E-state index contributed by atoms with van der Waals surface area (Å²) in [5.41, 5.74) is 5.87. The Labute approximate surface area is 220 Å². The summed E-state index contributed by atoms with van der Waals surface area (Å²) in [5, 5.41) is 5.58. The minimum Gasteiger partial charge on any atom is -0.140 e. The van der Waals surface area contributed by atoms with Gasteiger partial charge in [-0.1, -0.05) is 133 Å². The van der Waals surface area contributed by atoms with Gasteiger partial charge >= 0.3 is 18.9 Å². The summed E-state index contributed by atoms with van der Waals surface area (Å²) >= 11 is 0. The van der Waals surface area contributed by atoms with Crippen molar-refractivity contribution >= 4 is 18.0 Å². The van der Waals surface area contributed by atoms with Gasteiger partial charge in [0.05, 0.1) is 0 Å². The third-order valence-corrected chi connectivity index (χ3v) is 9.10. The molecular weight excluding hydrogens is 422 g/mol. The van der Waals surface area contributed by atoms with Gasteiger partial charge in [0.2, 0.25) is 0 Å². The van der Waals surface area contributed by atoms with E-state index in [1.54, 1.807) is 0 Å². The molecule has 0 nitrogen and oxygen atoms in total. The Bertz CT molecular complexity index is 1250. The predicted octanol–water partition coefficient (Wildman–Crippen LogP) is 7.18. The molecule has 0 fully saturated rings. The van der Waals surface area contributed by atoms with Crippen LogP contribution in [0.2, 0.25) is 0 Å². The smallest absolute Gasteiger partial charge is 0.140 e. The average Bonchev–Trinajstić information content (AvgIpc) is 3.11. The van der Waals surface area contributed by atoms with Gasteiger partial charge in [-0.15, -0.1) is 31.1 Å². The molecule has 0 spiro atoms. The van der Waals surface area contributed by atoms with E-state index < -0.39 is 7.53 Å². The van der Waals surface area contributed by atoms with Crippen molar-refractivity contribution in [2.24, 2.45) is 0 Å². The van der Waals surface area contributed by atoms with Crippen molar-refractivity contribution in [3.8, 4) is 16.2 Å². The zero-order valence-electron chi connectivity index (χ0n) is 22.8. The second-order valence-corrected chi connectivity index (χ2v) is 14.4. The van der Waals surface area contributed by atoms with E-state index in [1.165, 1.54) is 43.4 Å². The van der Waals surface area contributed by atoms with Gasteiger partial charge < -0.3 is 0 Å². The summed E-state index contributed by atoms with van der Waals surface area (Å²) in [7, 11) is -0.709. The molecule has 0 N–H and O–H groups in total. The molecular formula is C32H38LiP. The first-order chi connectivity index (χ1) is 15.3. The van der Waals surface area contributed by atoms with Crippen LogP contribution in [-0.2, 0) is 16.2 Å². The van der Waals surface area contributed by atoms with Crippen LogP contribution < -0.4 is 18.9 Å². The van der Waals surface area contributed by atoms with Gasteiger partial charge in [-0.3, -0.25) is 0 Å². The van der Waals surface area contributed by atoms with Crippen LogP contribution in [-0.4, -0.2) is 0 Å². The Morgan fingerprint density at radius 1 is 0.618 bits per heavy atom. The van der Waals surface area contributed by atoms with Gasteiger partial charge in [0.25, 0.3) is 0 Å². The predicted molar refractivity (Wildman–Crippen MR) is 148 cm³/mol. The van der Waals surface area contributed by atoms with Crippen molar-refractivity contribution in [1.29, 1.82) is 0 Å². The van der Waals surface area contributed by atoms with Crippen LogP contribution in [0.15, 0.2) is 66.7 Å². The van der Waals surface area contributed by atoms with E-state index in [2.05, 4.69) is 135 Å². The van der Waals surface area contributed by atoms with Crippen LogP contribution >= 0.6 is 7.53 Å². The van der Waals surface area contributed by atoms with E-state index in [0.717, 1.165) is 0 Å². The van der Waals surface area contributed by atoms with E-state index in [-0.39, 0.29) is 35.1 Å². The molecule has 3 aromatic carbocycles. The van der Waals surface area contributed by atoms with Crippen molar-refractivity contribution in [1.82, 2.24) is 0 Å². The van der Waals surface area contributed by atoms with Gasteiger partial charge in [-0.2, -0.15) is 0 Å². The fourth-order valence-corrected chi connectivity index (χ4v) is 7.79. The second kappa shape index (κ2) is 9.40. The van der Waals surface area contributed by atoms with E-state index in [1.807, 2.05) is 0 Å². The minimum absolute atomic E-state index is 0. The molecule has 4 aromatic rings. The first-order valence-corrected chi connectivity index (χ1v) is 13.4. The number of hydrogen-bond donors (Lipinski definition) is 0. The molecule has 4 rings (SSSR count). The zero-order chi connectivity index (χ0) is 24.2. The van der Waals surface area contributed by atoms with Gasteiger partial charge in [-0.05, 0) is 38.2 Å². The van der Waals surface area contributed by atoms with Crippen LogP contribution in [0.4, 0.5) is 0 Å². The van der Waals surface area contributed by atoms with Gasteiger partial charge in [-0.25, -0.2) is 0 Å². The van der Waals surface area contributed by atoms with Crippen LogP contribution in [0.1, 0.15) is 79.0 Å². The van der Waals surface area contributed by atoms with Gasteiger partial charge in [0.15, 0.2) is 0 Å². The number of hydrogen-bond acceptors (Lipinski definition) is 0. The zero-order valence-corrected chi connectivity index (χ0v) is 23.7. The molecule has 0 aliphatic heterocycles. The third-order valence-electron chi connectivity index (χ3n) is 6.48. The maximum atomic E-state index is 3.85. The van der Waals surface area contributed by atoms with Crippen molar-refractivity contribution in [3.05, 3.63) is 89.5 Å². The summed E-state index contributed by atoms with van der Waals surface area (Å²) in [4.78, 5) is 0. The molecule has 0 radical (unpaired) electrons. The SMILES string of the molecule is CC(C)(C)c1cc(C(C)(C)C)c(-p2c(-c3ccccc3)[c-]c3ccccc32)c(C(C)(C)C)c1.[Li+]. The van der Waals surface area contributed by atoms with Gasteiger partial charge in [0.1, 0.15) is 0 Å². The molecule has 0 aliphatic carbocycles. The Morgan fingerprint density at radius 3 is 1.62 bits per heavy atom. The van der Waals surface area contributed by atoms with Gasteiger partial charge in [0, 0.05) is 0 Å². The number of benzene rings is 3. The molecule has 1 aromatic heterocycles. The summed E-state index contributed by atoms with van der Waals surface area (Å²) in [5.74, 6) is 0. The van der Waals surface area contributed by atoms with E-state index in [0.29, 0.717) is 0 Å². The van der Waals surface area contributed by atoms with Crippen molar-refractivity contribution < 1.29 is 18.9 Å². The maximum absolute atomic E-state index is 3.85. The van der Waals surface area contributed by atoms with Crippen LogP contribution in [0, 0.1) is 6.07 Å². The summed E-state index contributed by atoms with van der Waals surface area (Å²) < 4.78 is 0. The van der Waals surface area contributed by atoms with E-state index >= 15 is 0 Å². The maximum Gasteiger partial charge on any atom is 1.00 e. The topological polar surface area (TPSA) is 0 Å². The normalized spacial score (nSPS) is 13.1. The molecule has 0 bridgehead atoms. The molecule has 34 heavy (non-hydrogen) atoms. The molecule has 0 saturated heterocycles. The Hall–Kier alpha value is -1.70. The molecule has 172 valence electrons. The molecule has 1 atom stereocenters. The molecule has 0 saturated carbocycles. The van der Waals surface area contributed by atoms with Crippen LogP contribution in [0.5, 0.6) is 0 Å². The largest absolute Gasteiger partial charge is 1.00 e. The Kier molecular flexibility index (Phi) is 7.43. The van der Waals surface area contributed by atoms with Crippen LogP contribution in [0.3, 0.4) is 0 Å². The third kappa shape index (κ3) is 5.12. The summed E-state index contributed by atoms with van der Waals surface area (Å²) in [6, 6.07) is 28.7. The standard InChI is InChI=1S/C32H38P.Li/c1-30(2,3)24-20-25(31(4,5)6)29(26(21-24)32(7,8)9)33-27-18-14-13-17-23(27)19-28(33)22-15-11-10-12-16-22;/h10-18,20-21H,1-9H3;/q-1;+1. The van der Waals surface area contributed by atoms with Crippen molar-refractivity contribution in [2.75, 3.05) is 0 Å². The molecule has 0 amide bonds. The van der Waals surface area contributed by atoms with Crippen LogP contribution in [0.25, 0.3) is 26.7 Å². The average molecular weight is 461 g/mol. The number of rotatable bonds is 2. The Balaban J connectivity index is 0.00000324. The van der Waals surface area contributed by atoms with E-state index in [4.69, 9.17) is 0 Å². The first kappa shape index (κ1) is 26.9. The van der Waals surface area contributed by atoms with Crippen molar-refractivity contribution in [3.63, 3.8) is 0 Å². The van der Waals surface area contributed by atoms with E-state index in [9.17, 15) is 0 Å². The summed E-state index contributed by atoms with van der Waals surface area (Å²) in [6.07, 6.45) is 0.